The van der Waals surface area contributed by atoms with E-state index in [1.54, 1.807) is 0 Å². The lowest BCUT2D eigenvalue weighted by Crippen LogP contribution is -2.52. The molecule has 0 aromatic rings. The Balaban J connectivity index is 1.96. The van der Waals surface area contributed by atoms with Crippen LogP contribution in [0.2, 0.25) is 0 Å². The van der Waals surface area contributed by atoms with Crippen LogP contribution in [0.4, 0.5) is 0 Å². The van der Waals surface area contributed by atoms with Crippen LogP contribution < -0.4 is 5.32 Å². The summed E-state index contributed by atoms with van der Waals surface area (Å²) in [4.78, 5) is 2.64. The van der Waals surface area contributed by atoms with Crippen LogP contribution in [0.5, 0.6) is 0 Å². The molecule has 0 amide bonds. The highest BCUT2D eigenvalue weighted by Crippen LogP contribution is 2.25. The second kappa shape index (κ2) is 3.35. The highest BCUT2D eigenvalue weighted by molar-refractivity contribution is 4.86. The van der Waals surface area contributed by atoms with Crippen LogP contribution in [0.15, 0.2) is 0 Å². The van der Waals surface area contributed by atoms with E-state index in [1.165, 1.54) is 32.6 Å². The monoisotopic (exact) mass is 168 g/mol. The van der Waals surface area contributed by atoms with Gasteiger partial charge in [0.1, 0.15) is 0 Å². The zero-order chi connectivity index (χ0) is 8.55. The van der Waals surface area contributed by atoms with E-state index >= 15 is 0 Å². The Morgan fingerprint density at radius 1 is 1.17 bits per heavy atom. The van der Waals surface area contributed by atoms with Gasteiger partial charge in [-0.05, 0) is 45.2 Å². The summed E-state index contributed by atoms with van der Waals surface area (Å²) in [6.07, 6.45) is 1.47. The predicted molar refractivity (Wildman–Crippen MR) is 51.2 cm³/mol. The van der Waals surface area contributed by atoms with Gasteiger partial charge in [-0.2, -0.15) is 0 Å². The van der Waals surface area contributed by atoms with Crippen molar-refractivity contribution in [1.29, 1.82) is 0 Å². The number of likely N-dealkylation sites (tertiary alicyclic amines) is 1. The van der Waals surface area contributed by atoms with Crippen molar-refractivity contribution in [2.45, 2.75) is 26.3 Å². The Kier molecular flexibility index (Phi) is 2.37. The second-order valence-electron chi connectivity index (χ2n) is 4.67. The van der Waals surface area contributed by atoms with Crippen LogP contribution in [-0.4, -0.2) is 37.1 Å². The highest BCUT2D eigenvalue weighted by atomic mass is 15.2. The summed E-state index contributed by atoms with van der Waals surface area (Å²) < 4.78 is 0. The first-order chi connectivity index (χ1) is 5.75. The van der Waals surface area contributed by atoms with Crippen molar-refractivity contribution in [3.63, 3.8) is 0 Å². The van der Waals surface area contributed by atoms with Crippen molar-refractivity contribution in [3.05, 3.63) is 0 Å². The van der Waals surface area contributed by atoms with Gasteiger partial charge in [0.15, 0.2) is 0 Å². The number of fused-ring (bicyclic) bond motifs is 2. The molecule has 2 fully saturated rings. The van der Waals surface area contributed by atoms with Crippen LogP contribution in [-0.2, 0) is 0 Å². The first kappa shape index (κ1) is 8.52. The van der Waals surface area contributed by atoms with E-state index in [4.69, 9.17) is 0 Å². The quantitative estimate of drug-likeness (QED) is 0.627. The van der Waals surface area contributed by atoms with Gasteiger partial charge in [0.25, 0.3) is 0 Å². The maximum atomic E-state index is 3.52. The summed E-state index contributed by atoms with van der Waals surface area (Å²) in [5.41, 5.74) is 0. The Morgan fingerprint density at radius 2 is 1.75 bits per heavy atom. The standard InChI is InChI=1S/C10H20N2/c1-8(2)12-6-9-3-10(7-12)5-11-4-9/h8-11H,3-7H2,1-2H3/t9-,10?/m0/s1. The van der Waals surface area contributed by atoms with E-state index in [2.05, 4.69) is 24.1 Å². The summed E-state index contributed by atoms with van der Waals surface area (Å²) in [6, 6.07) is 0.744. The van der Waals surface area contributed by atoms with E-state index in [9.17, 15) is 0 Å². The zero-order valence-corrected chi connectivity index (χ0v) is 8.21. The molecule has 2 heteroatoms. The fraction of sp³-hybridized carbons (Fsp3) is 1.00. The maximum absolute atomic E-state index is 3.52. The molecule has 0 aromatic carbocycles. The molecule has 2 heterocycles. The Morgan fingerprint density at radius 3 is 2.25 bits per heavy atom. The number of hydrogen-bond donors (Lipinski definition) is 1. The number of hydrogen-bond acceptors (Lipinski definition) is 2. The molecule has 2 aliphatic heterocycles. The van der Waals surface area contributed by atoms with Crippen molar-refractivity contribution in [3.8, 4) is 0 Å². The van der Waals surface area contributed by atoms with Crippen LogP contribution in [0.25, 0.3) is 0 Å². The summed E-state index contributed by atoms with van der Waals surface area (Å²) >= 11 is 0. The van der Waals surface area contributed by atoms with Crippen molar-refractivity contribution in [2.24, 2.45) is 11.8 Å². The first-order valence-corrected chi connectivity index (χ1v) is 5.20. The molecule has 2 saturated heterocycles. The minimum Gasteiger partial charge on any atom is -0.316 e. The summed E-state index contributed by atoms with van der Waals surface area (Å²) in [5.74, 6) is 1.86. The SMILES string of the molecule is CC(C)N1CC2CNC[C@H](C2)C1. The van der Waals surface area contributed by atoms with Gasteiger partial charge in [-0.25, -0.2) is 0 Å². The van der Waals surface area contributed by atoms with Crippen molar-refractivity contribution >= 4 is 0 Å². The number of rotatable bonds is 1. The molecule has 70 valence electrons. The van der Waals surface area contributed by atoms with Crippen molar-refractivity contribution in [1.82, 2.24) is 10.2 Å². The first-order valence-electron chi connectivity index (χ1n) is 5.20. The van der Waals surface area contributed by atoms with Gasteiger partial charge in [-0.15, -0.1) is 0 Å². The highest BCUT2D eigenvalue weighted by Gasteiger charge is 2.30. The summed E-state index contributed by atoms with van der Waals surface area (Å²) in [5, 5.41) is 3.52. The molecule has 0 saturated carbocycles. The molecule has 2 atom stereocenters. The third-order valence-electron chi connectivity index (χ3n) is 3.25. The average molecular weight is 168 g/mol. The lowest BCUT2D eigenvalue weighted by atomic mass is 9.85. The Bertz CT molecular complexity index is 144. The van der Waals surface area contributed by atoms with E-state index < -0.39 is 0 Å². The van der Waals surface area contributed by atoms with Crippen LogP contribution in [0.1, 0.15) is 20.3 Å². The molecule has 2 rings (SSSR count). The predicted octanol–water partition coefficient (Wildman–Crippen LogP) is 0.936. The number of nitrogens with zero attached hydrogens (tertiary/aromatic N) is 1. The van der Waals surface area contributed by atoms with Gasteiger partial charge in [0.05, 0.1) is 0 Å². The van der Waals surface area contributed by atoms with Gasteiger partial charge in [-0.1, -0.05) is 0 Å². The second-order valence-corrected chi connectivity index (χ2v) is 4.67. The van der Waals surface area contributed by atoms with E-state index in [0.717, 1.165) is 17.9 Å². The average Bonchev–Trinajstić information content (AvgIpc) is 2.03. The molecule has 0 radical (unpaired) electrons. The van der Waals surface area contributed by atoms with Gasteiger partial charge in [0, 0.05) is 19.1 Å². The third-order valence-corrected chi connectivity index (χ3v) is 3.25. The van der Waals surface area contributed by atoms with Crippen LogP contribution in [0.3, 0.4) is 0 Å². The van der Waals surface area contributed by atoms with E-state index in [1.807, 2.05) is 0 Å². The molecule has 12 heavy (non-hydrogen) atoms. The lowest BCUT2D eigenvalue weighted by Gasteiger charge is -2.43. The lowest BCUT2D eigenvalue weighted by molar-refractivity contribution is 0.0740. The topological polar surface area (TPSA) is 15.3 Å². The molecule has 0 aromatic heterocycles. The smallest absolute Gasteiger partial charge is 0.00388 e. The molecular weight excluding hydrogens is 148 g/mol. The molecule has 1 N–H and O–H groups in total. The van der Waals surface area contributed by atoms with Crippen molar-refractivity contribution < 1.29 is 0 Å². The Hall–Kier alpha value is -0.0800. The normalized spacial score (nSPS) is 37.2. The van der Waals surface area contributed by atoms with E-state index in [0.29, 0.717) is 0 Å². The maximum Gasteiger partial charge on any atom is 0.00388 e. The minimum atomic E-state index is 0.744. The fourth-order valence-corrected chi connectivity index (χ4v) is 2.57. The molecule has 2 bridgehead atoms. The molecule has 2 aliphatic rings. The zero-order valence-electron chi connectivity index (χ0n) is 8.21. The fourth-order valence-electron chi connectivity index (χ4n) is 2.57. The van der Waals surface area contributed by atoms with Crippen LogP contribution in [0, 0.1) is 11.8 Å². The molecule has 0 spiro atoms. The van der Waals surface area contributed by atoms with Crippen LogP contribution >= 0.6 is 0 Å². The Labute approximate surface area is 75.3 Å². The van der Waals surface area contributed by atoms with Gasteiger partial charge >= 0.3 is 0 Å². The molecule has 2 nitrogen and oxygen atoms in total. The van der Waals surface area contributed by atoms with Gasteiger partial charge in [-0.3, -0.25) is 0 Å². The molecule has 0 aliphatic carbocycles. The van der Waals surface area contributed by atoms with Gasteiger partial charge in [0.2, 0.25) is 0 Å². The summed E-state index contributed by atoms with van der Waals surface area (Å²) in [6.45, 7) is 9.77. The minimum absolute atomic E-state index is 0.744. The van der Waals surface area contributed by atoms with Gasteiger partial charge < -0.3 is 10.2 Å². The molecular formula is C10H20N2. The van der Waals surface area contributed by atoms with Crippen molar-refractivity contribution in [2.75, 3.05) is 26.2 Å². The largest absolute Gasteiger partial charge is 0.316 e. The number of piperidine rings is 2. The van der Waals surface area contributed by atoms with E-state index in [-0.39, 0.29) is 0 Å². The number of nitrogens with one attached hydrogen (secondary N) is 1. The summed E-state index contributed by atoms with van der Waals surface area (Å²) in [7, 11) is 0. The third kappa shape index (κ3) is 1.64. The molecule has 1 unspecified atom stereocenters.